The Morgan fingerprint density at radius 3 is 2.65 bits per heavy atom. The maximum Gasteiger partial charge on any atom is 0.271 e. The maximum atomic E-state index is 11.6. The molecule has 2 aromatic rings. The fourth-order valence-electron chi connectivity index (χ4n) is 1.46. The van der Waals surface area contributed by atoms with Gasteiger partial charge in [-0.2, -0.15) is 5.10 Å². The molecule has 1 aromatic heterocycles. The number of rotatable bonds is 5. The van der Waals surface area contributed by atoms with Crippen molar-refractivity contribution in [2.75, 3.05) is 18.9 Å². The third-order valence-corrected chi connectivity index (χ3v) is 2.45. The Morgan fingerprint density at radius 1 is 1.25 bits per heavy atom. The molecule has 0 saturated heterocycles. The topological polar surface area (TPSA) is 110 Å². The van der Waals surface area contributed by atoms with E-state index in [1.165, 1.54) is 12.1 Å². The van der Waals surface area contributed by atoms with Gasteiger partial charge in [-0.1, -0.05) is 0 Å². The molecule has 0 spiro atoms. The highest BCUT2D eigenvalue weighted by Gasteiger charge is 2.06. The number of carbonyl (C=O) groups is 1. The largest absolute Gasteiger partial charge is 0.492 e. The van der Waals surface area contributed by atoms with Crippen LogP contribution in [0.2, 0.25) is 0 Å². The van der Waals surface area contributed by atoms with E-state index in [-0.39, 0.29) is 17.2 Å². The van der Waals surface area contributed by atoms with Crippen molar-refractivity contribution in [1.82, 2.24) is 15.5 Å². The first-order valence-electron chi connectivity index (χ1n) is 5.97. The summed E-state index contributed by atoms with van der Waals surface area (Å²) in [7, 11) is 0. The summed E-state index contributed by atoms with van der Waals surface area (Å²) in [6.07, 6.45) is 0. The third-order valence-electron chi connectivity index (χ3n) is 2.45. The molecule has 20 heavy (non-hydrogen) atoms. The van der Waals surface area contributed by atoms with Crippen LogP contribution in [0.5, 0.6) is 5.75 Å². The minimum absolute atomic E-state index is 0.150. The van der Waals surface area contributed by atoms with Crippen LogP contribution in [-0.2, 0) is 0 Å². The van der Waals surface area contributed by atoms with Crippen LogP contribution in [-0.4, -0.2) is 29.3 Å². The first-order chi connectivity index (χ1) is 9.65. The number of H-pyrrole nitrogens is 1. The number of nitrogen functional groups attached to an aromatic ring is 1. The van der Waals surface area contributed by atoms with Crippen LogP contribution in [0.3, 0.4) is 0 Å². The lowest BCUT2D eigenvalue weighted by molar-refractivity contribution is 0.0941. The molecule has 0 aliphatic carbocycles. The molecule has 0 unspecified atom stereocenters. The van der Waals surface area contributed by atoms with Gasteiger partial charge in [0.15, 0.2) is 0 Å². The van der Waals surface area contributed by atoms with Gasteiger partial charge < -0.3 is 15.8 Å². The average Bonchev–Trinajstić information content (AvgIpc) is 2.46. The van der Waals surface area contributed by atoms with E-state index in [9.17, 15) is 9.59 Å². The average molecular weight is 274 g/mol. The molecule has 0 saturated carbocycles. The monoisotopic (exact) mass is 274 g/mol. The molecule has 7 nitrogen and oxygen atoms in total. The summed E-state index contributed by atoms with van der Waals surface area (Å²) < 4.78 is 5.42. The van der Waals surface area contributed by atoms with E-state index in [1.54, 1.807) is 24.3 Å². The molecule has 1 amide bonds. The summed E-state index contributed by atoms with van der Waals surface area (Å²) in [5, 5.41) is 8.44. The van der Waals surface area contributed by atoms with Crippen molar-refractivity contribution in [3.05, 3.63) is 52.4 Å². The van der Waals surface area contributed by atoms with Gasteiger partial charge in [0, 0.05) is 11.8 Å². The molecule has 0 radical (unpaired) electrons. The number of anilines is 1. The van der Waals surface area contributed by atoms with Gasteiger partial charge in [-0.05, 0) is 30.3 Å². The van der Waals surface area contributed by atoms with Gasteiger partial charge in [-0.3, -0.25) is 9.59 Å². The van der Waals surface area contributed by atoms with Gasteiger partial charge in [-0.25, -0.2) is 5.10 Å². The van der Waals surface area contributed by atoms with E-state index < -0.39 is 0 Å². The first-order valence-corrected chi connectivity index (χ1v) is 5.97. The molecule has 7 heteroatoms. The molecular formula is C13H14N4O3. The van der Waals surface area contributed by atoms with Gasteiger partial charge >= 0.3 is 0 Å². The molecule has 0 aliphatic rings. The zero-order valence-electron chi connectivity index (χ0n) is 10.6. The van der Waals surface area contributed by atoms with E-state index in [1.807, 2.05) is 0 Å². The Morgan fingerprint density at radius 2 is 2.00 bits per heavy atom. The standard InChI is InChI=1S/C13H14N4O3/c14-9-1-3-10(4-2-9)20-8-7-15-13(19)11-5-6-12(18)17-16-11/h1-6H,7-8,14H2,(H,15,19)(H,17,18). The summed E-state index contributed by atoms with van der Waals surface area (Å²) in [5.74, 6) is 0.303. The molecule has 1 aromatic carbocycles. The van der Waals surface area contributed by atoms with E-state index in [2.05, 4.69) is 15.5 Å². The number of nitrogens with one attached hydrogen (secondary N) is 2. The molecule has 104 valence electrons. The van der Waals surface area contributed by atoms with Crippen molar-refractivity contribution in [1.29, 1.82) is 0 Å². The van der Waals surface area contributed by atoms with E-state index in [0.717, 1.165) is 0 Å². The molecule has 0 bridgehead atoms. The molecule has 1 heterocycles. The van der Waals surface area contributed by atoms with Crippen LogP contribution in [0, 0.1) is 0 Å². The minimum Gasteiger partial charge on any atom is -0.492 e. The number of hydrogen-bond acceptors (Lipinski definition) is 5. The smallest absolute Gasteiger partial charge is 0.271 e. The summed E-state index contributed by atoms with van der Waals surface area (Å²) >= 11 is 0. The van der Waals surface area contributed by atoms with Crippen LogP contribution in [0.25, 0.3) is 0 Å². The quantitative estimate of drug-likeness (QED) is 0.531. The summed E-state index contributed by atoms with van der Waals surface area (Å²) in [6.45, 7) is 0.642. The van der Waals surface area contributed by atoms with E-state index in [4.69, 9.17) is 10.5 Å². The van der Waals surface area contributed by atoms with Crippen molar-refractivity contribution in [2.24, 2.45) is 0 Å². The van der Waals surface area contributed by atoms with Gasteiger partial charge in [0.2, 0.25) is 0 Å². The van der Waals surface area contributed by atoms with Crippen LogP contribution in [0.15, 0.2) is 41.2 Å². The Bertz CT molecular complexity index is 616. The normalized spacial score (nSPS) is 10.0. The van der Waals surface area contributed by atoms with Gasteiger partial charge in [0.05, 0.1) is 6.54 Å². The van der Waals surface area contributed by atoms with Gasteiger partial charge in [0.25, 0.3) is 11.5 Å². The fraction of sp³-hybridized carbons (Fsp3) is 0.154. The molecule has 2 rings (SSSR count). The lowest BCUT2D eigenvalue weighted by Gasteiger charge is -2.07. The number of aromatic nitrogens is 2. The molecular weight excluding hydrogens is 260 g/mol. The lowest BCUT2D eigenvalue weighted by atomic mass is 10.3. The second-order valence-electron chi connectivity index (χ2n) is 3.98. The summed E-state index contributed by atoms with van der Waals surface area (Å²) in [6, 6.07) is 9.57. The maximum absolute atomic E-state index is 11.6. The SMILES string of the molecule is Nc1ccc(OCCNC(=O)c2ccc(=O)[nH]n2)cc1. The lowest BCUT2D eigenvalue weighted by Crippen LogP contribution is -2.29. The number of carbonyl (C=O) groups excluding carboxylic acids is 1. The molecule has 0 atom stereocenters. The molecule has 0 fully saturated rings. The van der Waals surface area contributed by atoms with E-state index >= 15 is 0 Å². The second-order valence-corrected chi connectivity index (χ2v) is 3.98. The highest BCUT2D eigenvalue weighted by Crippen LogP contribution is 2.12. The molecule has 4 N–H and O–H groups in total. The van der Waals surface area contributed by atoms with Crippen LogP contribution in [0.4, 0.5) is 5.69 Å². The predicted octanol–water partition coefficient (Wildman–Crippen LogP) is 0.161. The number of nitrogens with two attached hydrogens (primary N) is 1. The zero-order valence-corrected chi connectivity index (χ0v) is 10.6. The van der Waals surface area contributed by atoms with Crippen molar-refractivity contribution in [3.63, 3.8) is 0 Å². The third kappa shape index (κ3) is 3.84. The van der Waals surface area contributed by atoms with Crippen molar-refractivity contribution >= 4 is 11.6 Å². The van der Waals surface area contributed by atoms with Crippen molar-refractivity contribution in [2.45, 2.75) is 0 Å². The highest BCUT2D eigenvalue weighted by atomic mass is 16.5. The summed E-state index contributed by atoms with van der Waals surface area (Å²) in [5.41, 5.74) is 6.01. The van der Waals surface area contributed by atoms with Crippen LogP contribution in [0.1, 0.15) is 10.5 Å². The Labute approximate surface area is 114 Å². The van der Waals surface area contributed by atoms with Crippen molar-refractivity contribution in [3.8, 4) is 5.75 Å². The number of hydrogen-bond donors (Lipinski definition) is 3. The Kier molecular flexibility index (Phi) is 4.33. The van der Waals surface area contributed by atoms with Crippen LogP contribution < -0.4 is 21.3 Å². The number of benzene rings is 1. The highest BCUT2D eigenvalue weighted by molar-refractivity contribution is 5.91. The number of amides is 1. The fourth-order valence-corrected chi connectivity index (χ4v) is 1.46. The second kappa shape index (κ2) is 6.37. The van der Waals surface area contributed by atoms with E-state index in [0.29, 0.717) is 24.6 Å². The first kappa shape index (κ1) is 13.6. The summed E-state index contributed by atoms with van der Waals surface area (Å²) in [4.78, 5) is 22.5. The number of ether oxygens (including phenoxy) is 1. The zero-order chi connectivity index (χ0) is 14.4. The molecule has 0 aliphatic heterocycles. The number of aromatic amines is 1. The Balaban J connectivity index is 1.75. The predicted molar refractivity (Wildman–Crippen MR) is 73.5 cm³/mol. The minimum atomic E-state index is -0.373. The Hall–Kier alpha value is -2.83. The van der Waals surface area contributed by atoms with Gasteiger partial charge in [0.1, 0.15) is 18.1 Å². The van der Waals surface area contributed by atoms with Crippen LogP contribution >= 0.6 is 0 Å². The number of nitrogens with zero attached hydrogens (tertiary/aromatic N) is 1. The van der Waals surface area contributed by atoms with Crippen molar-refractivity contribution < 1.29 is 9.53 Å². The van der Waals surface area contributed by atoms with Gasteiger partial charge in [-0.15, -0.1) is 0 Å².